The highest BCUT2D eigenvalue weighted by Crippen LogP contribution is 2.06. The van der Waals surface area contributed by atoms with Crippen molar-refractivity contribution >= 4 is 5.91 Å². The van der Waals surface area contributed by atoms with Gasteiger partial charge < -0.3 is 9.64 Å². The van der Waals surface area contributed by atoms with Gasteiger partial charge in [0.05, 0.1) is 13.2 Å². The first kappa shape index (κ1) is 12.4. The van der Waals surface area contributed by atoms with Crippen LogP contribution in [0, 0.1) is 0 Å². The van der Waals surface area contributed by atoms with E-state index in [0.717, 1.165) is 19.6 Å². The fourth-order valence-electron chi connectivity index (χ4n) is 1.57. The molecule has 1 rings (SSSR count). The molecular weight excluding hydrogens is 196 g/mol. The van der Waals surface area contributed by atoms with E-state index in [9.17, 15) is 4.79 Å². The van der Waals surface area contributed by atoms with Gasteiger partial charge in [-0.05, 0) is 25.9 Å². The van der Waals surface area contributed by atoms with Crippen molar-refractivity contribution in [2.75, 3.05) is 40.0 Å². The SMILES string of the molecule is COCCONC(=O)CCN1CCCC1. The molecular formula is C10H20N2O3. The molecule has 0 spiro atoms. The molecule has 1 aliphatic rings. The van der Waals surface area contributed by atoms with E-state index in [4.69, 9.17) is 9.57 Å². The molecule has 1 N–H and O–H groups in total. The lowest BCUT2D eigenvalue weighted by molar-refractivity contribution is -0.134. The van der Waals surface area contributed by atoms with Crippen molar-refractivity contribution in [3.8, 4) is 0 Å². The van der Waals surface area contributed by atoms with Gasteiger partial charge >= 0.3 is 0 Å². The largest absolute Gasteiger partial charge is 0.382 e. The molecule has 5 heteroatoms. The van der Waals surface area contributed by atoms with Gasteiger partial charge in [0.15, 0.2) is 0 Å². The zero-order valence-corrected chi connectivity index (χ0v) is 9.33. The molecule has 0 saturated carbocycles. The molecule has 0 aromatic heterocycles. The summed E-state index contributed by atoms with van der Waals surface area (Å²) in [5.41, 5.74) is 2.40. The molecule has 5 nitrogen and oxygen atoms in total. The minimum absolute atomic E-state index is 0.0574. The lowest BCUT2D eigenvalue weighted by Gasteiger charge is -2.13. The summed E-state index contributed by atoms with van der Waals surface area (Å²) < 4.78 is 4.78. The van der Waals surface area contributed by atoms with Crippen LogP contribution in [-0.2, 0) is 14.4 Å². The number of methoxy groups -OCH3 is 1. The van der Waals surface area contributed by atoms with E-state index in [-0.39, 0.29) is 5.91 Å². The first-order valence-electron chi connectivity index (χ1n) is 5.45. The maximum Gasteiger partial charge on any atom is 0.244 e. The third-order valence-corrected chi connectivity index (χ3v) is 2.43. The lowest BCUT2D eigenvalue weighted by atomic mass is 10.4. The molecule has 0 bridgehead atoms. The van der Waals surface area contributed by atoms with Crippen molar-refractivity contribution in [3.63, 3.8) is 0 Å². The number of hydroxylamine groups is 1. The van der Waals surface area contributed by atoms with Crippen molar-refractivity contribution in [1.82, 2.24) is 10.4 Å². The lowest BCUT2D eigenvalue weighted by Crippen LogP contribution is -2.30. The zero-order valence-electron chi connectivity index (χ0n) is 9.33. The normalized spacial score (nSPS) is 16.9. The Hall–Kier alpha value is -0.650. The predicted molar refractivity (Wildman–Crippen MR) is 56.3 cm³/mol. The molecule has 0 radical (unpaired) electrons. The molecule has 1 heterocycles. The molecule has 1 aliphatic heterocycles. The number of ether oxygens (including phenoxy) is 1. The molecule has 0 aromatic carbocycles. The molecule has 1 amide bonds. The molecule has 0 atom stereocenters. The maximum atomic E-state index is 11.3. The van der Waals surface area contributed by atoms with Crippen LogP contribution in [0.15, 0.2) is 0 Å². The van der Waals surface area contributed by atoms with E-state index in [0.29, 0.717) is 19.6 Å². The first-order chi connectivity index (χ1) is 7.33. The van der Waals surface area contributed by atoms with Crippen LogP contribution in [0.4, 0.5) is 0 Å². The first-order valence-corrected chi connectivity index (χ1v) is 5.45. The van der Waals surface area contributed by atoms with E-state index >= 15 is 0 Å². The van der Waals surface area contributed by atoms with Crippen molar-refractivity contribution in [1.29, 1.82) is 0 Å². The van der Waals surface area contributed by atoms with Crippen LogP contribution < -0.4 is 5.48 Å². The summed E-state index contributed by atoms with van der Waals surface area (Å²) in [6.45, 7) is 3.97. The number of nitrogens with zero attached hydrogens (tertiary/aromatic N) is 1. The summed E-state index contributed by atoms with van der Waals surface area (Å²) in [7, 11) is 1.60. The van der Waals surface area contributed by atoms with Gasteiger partial charge in [-0.3, -0.25) is 9.63 Å². The average Bonchev–Trinajstić information content (AvgIpc) is 2.74. The topological polar surface area (TPSA) is 50.8 Å². The molecule has 88 valence electrons. The number of carbonyl (C=O) groups is 1. The predicted octanol–water partition coefficient (Wildman–Crippen LogP) is 0.167. The molecule has 0 aromatic rings. The van der Waals surface area contributed by atoms with Crippen LogP contribution in [0.25, 0.3) is 0 Å². The summed E-state index contributed by atoms with van der Waals surface area (Å²) in [5.74, 6) is -0.0574. The molecule has 0 aliphatic carbocycles. The van der Waals surface area contributed by atoms with E-state index < -0.39 is 0 Å². The monoisotopic (exact) mass is 216 g/mol. The molecule has 1 saturated heterocycles. The maximum absolute atomic E-state index is 11.3. The summed E-state index contributed by atoms with van der Waals surface area (Å²) >= 11 is 0. The zero-order chi connectivity index (χ0) is 10.9. The number of likely N-dealkylation sites (tertiary alicyclic amines) is 1. The smallest absolute Gasteiger partial charge is 0.244 e. The Morgan fingerprint density at radius 3 is 2.73 bits per heavy atom. The van der Waals surface area contributed by atoms with Crippen molar-refractivity contribution < 1.29 is 14.4 Å². The minimum Gasteiger partial charge on any atom is -0.382 e. The summed E-state index contributed by atoms with van der Waals surface area (Å²) in [6.07, 6.45) is 3.02. The van der Waals surface area contributed by atoms with Gasteiger partial charge in [-0.15, -0.1) is 0 Å². The number of nitrogens with one attached hydrogen (secondary N) is 1. The minimum atomic E-state index is -0.0574. The second-order valence-corrected chi connectivity index (χ2v) is 3.67. The highest BCUT2D eigenvalue weighted by atomic mass is 16.7. The number of carbonyl (C=O) groups excluding carboxylic acids is 1. The van der Waals surface area contributed by atoms with Gasteiger partial charge in [0.2, 0.25) is 5.91 Å². The third-order valence-electron chi connectivity index (χ3n) is 2.43. The Balaban J connectivity index is 1.93. The fourth-order valence-corrected chi connectivity index (χ4v) is 1.57. The van der Waals surface area contributed by atoms with Crippen LogP contribution in [0.2, 0.25) is 0 Å². The highest BCUT2D eigenvalue weighted by Gasteiger charge is 2.12. The second-order valence-electron chi connectivity index (χ2n) is 3.67. The van der Waals surface area contributed by atoms with E-state index in [2.05, 4.69) is 10.4 Å². The average molecular weight is 216 g/mol. The van der Waals surface area contributed by atoms with Gasteiger partial charge in [-0.1, -0.05) is 0 Å². The number of rotatable bonds is 7. The number of hydrogen-bond acceptors (Lipinski definition) is 4. The van der Waals surface area contributed by atoms with Crippen molar-refractivity contribution in [2.24, 2.45) is 0 Å². The summed E-state index contributed by atoms with van der Waals surface area (Å²) in [4.78, 5) is 18.5. The van der Waals surface area contributed by atoms with Crippen molar-refractivity contribution in [2.45, 2.75) is 19.3 Å². The van der Waals surface area contributed by atoms with Gasteiger partial charge in [0.1, 0.15) is 0 Å². The molecule has 1 fully saturated rings. The Kier molecular flexibility index (Phi) is 6.31. The third kappa shape index (κ3) is 5.71. The highest BCUT2D eigenvalue weighted by molar-refractivity contribution is 5.74. The van der Waals surface area contributed by atoms with Crippen LogP contribution in [-0.4, -0.2) is 50.8 Å². The van der Waals surface area contributed by atoms with Crippen LogP contribution in [0.1, 0.15) is 19.3 Å². The number of hydrogen-bond donors (Lipinski definition) is 1. The van der Waals surface area contributed by atoms with Crippen LogP contribution in [0.3, 0.4) is 0 Å². The molecule has 0 unspecified atom stereocenters. The Morgan fingerprint density at radius 2 is 2.07 bits per heavy atom. The van der Waals surface area contributed by atoms with E-state index in [1.165, 1.54) is 12.8 Å². The van der Waals surface area contributed by atoms with Crippen molar-refractivity contribution in [3.05, 3.63) is 0 Å². The van der Waals surface area contributed by atoms with Crippen LogP contribution in [0.5, 0.6) is 0 Å². The van der Waals surface area contributed by atoms with Crippen LogP contribution >= 0.6 is 0 Å². The standard InChI is InChI=1S/C10H20N2O3/c1-14-8-9-15-11-10(13)4-7-12-5-2-3-6-12/h2-9H2,1H3,(H,11,13). The summed E-state index contributed by atoms with van der Waals surface area (Å²) in [5, 5.41) is 0. The fraction of sp³-hybridized carbons (Fsp3) is 0.900. The Labute approximate surface area is 90.7 Å². The number of amides is 1. The van der Waals surface area contributed by atoms with Gasteiger partial charge in [-0.25, -0.2) is 5.48 Å². The van der Waals surface area contributed by atoms with Gasteiger partial charge in [0, 0.05) is 20.1 Å². The van der Waals surface area contributed by atoms with Gasteiger partial charge in [0.25, 0.3) is 0 Å². The van der Waals surface area contributed by atoms with E-state index in [1.54, 1.807) is 7.11 Å². The van der Waals surface area contributed by atoms with E-state index in [1.807, 2.05) is 0 Å². The second kappa shape index (κ2) is 7.62. The van der Waals surface area contributed by atoms with Gasteiger partial charge in [-0.2, -0.15) is 0 Å². The molecule has 15 heavy (non-hydrogen) atoms. The summed E-state index contributed by atoms with van der Waals surface area (Å²) in [6, 6.07) is 0. The quantitative estimate of drug-likeness (QED) is 0.487. The Morgan fingerprint density at radius 1 is 1.33 bits per heavy atom. The Bertz CT molecular complexity index is 182.